The van der Waals surface area contributed by atoms with Crippen LogP contribution in [0.25, 0.3) is 10.9 Å². The molecule has 1 heterocycles. The lowest BCUT2D eigenvalue weighted by Gasteiger charge is -1.78. The van der Waals surface area contributed by atoms with Crippen LogP contribution in [0.4, 0.5) is 0 Å². The highest BCUT2D eigenvalue weighted by Crippen LogP contribution is 2.09. The van der Waals surface area contributed by atoms with Gasteiger partial charge in [-0.05, 0) is 19.1 Å². The number of aliphatic hydroxyl groups is 1. The van der Waals surface area contributed by atoms with Gasteiger partial charge in [0.2, 0.25) is 0 Å². The van der Waals surface area contributed by atoms with E-state index in [0.29, 0.717) is 0 Å². The fourth-order valence-corrected chi connectivity index (χ4v) is 0.810. The second-order valence-electron chi connectivity index (χ2n) is 2.19. The number of aromatic nitrogens is 1. The van der Waals surface area contributed by atoms with E-state index in [1.807, 2.05) is 24.3 Å². The lowest BCUT2D eigenvalue weighted by molar-refractivity contribution is 0.318. The zero-order chi connectivity index (χ0) is 8.81. The van der Waals surface area contributed by atoms with Crippen molar-refractivity contribution in [2.45, 2.75) is 6.92 Å². The third-order valence-corrected chi connectivity index (χ3v) is 1.27. The molecule has 12 heavy (non-hydrogen) atoms. The van der Waals surface area contributed by atoms with Crippen LogP contribution in [0.5, 0.6) is 0 Å². The second-order valence-corrected chi connectivity index (χ2v) is 2.19. The number of nitrogens with zero attached hydrogens (tertiary/aromatic N) is 1. The summed E-state index contributed by atoms with van der Waals surface area (Å²) in [6, 6.07) is 7.77. The Labute approximate surface area is 70.6 Å². The molecular formula is C9H11NO2. The molecule has 2 rings (SSSR count). The number of fused-ring (bicyclic) bond motifs is 1. The van der Waals surface area contributed by atoms with Crippen molar-refractivity contribution in [2.75, 3.05) is 6.61 Å². The SMILES string of the molecule is CCO.c1ccc2nocc2c1. The van der Waals surface area contributed by atoms with Gasteiger partial charge in [-0.1, -0.05) is 17.3 Å². The third-order valence-electron chi connectivity index (χ3n) is 1.27. The first-order valence-electron chi connectivity index (χ1n) is 3.78. The summed E-state index contributed by atoms with van der Waals surface area (Å²) in [5, 5.41) is 12.4. The van der Waals surface area contributed by atoms with Gasteiger partial charge in [0.05, 0.1) is 0 Å². The van der Waals surface area contributed by atoms with Gasteiger partial charge in [-0.2, -0.15) is 0 Å². The molecule has 1 aromatic carbocycles. The van der Waals surface area contributed by atoms with Crippen LogP contribution in [0, 0.1) is 0 Å². The lowest BCUT2D eigenvalue weighted by Crippen LogP contribution is -1.61. The van der Waals surface area contributed by atoms with E-state index in [2.05, 4.69) is 5.16 Å². The predicted octanol–water partition coefficient (Wildman–Crippen LogP) is 1.83. The van der Waals surface area contributed by atoms with E-state index in [0.717, 1.165) is 10.9 Å². The van der Waals surface area contributed by atoms with Crippen molar-refractivity contribution < 1.29 is 9.63 Å². The van der Waals surface area contributed by atoms with E-state index < -0.39 is 0 Å². The van der Waals surface area contributed by atoms with E-state index in [4.69, 9.17) is 9.63 Å². The largest absolute Gasteiger partial charge is 0.397 e. The van der Waals surface area contributed by atoms with Crippen LogP contribution in [-0.2, 0) is 0 Å². The summed E-state index contributed by atoms with van der Waals surface area (Å²) in [6.07, 6.45) is 1.63. The minimum absolute atomic E-state index is 0.250. The molecule has 0 aliphatic carbocycles. The minimum Gasteiger partial charge on any atom is -0.397 e. The quantitative estimate of drug-likeness (QED) is 0.647. The Morgan fingerprint density at radius 2 is 2.08 bits per heavy atom. The molecule has 1 N–H and O–H groups in total. The van der Waals surface area contributed by atoms with Gasteiger partial charge < -0.3 is 9.63 Å². The Bertz CT molecular complexity index is 300. The minimum atomic E-state index is 0.250. The van der Waals surface area contributed by atoms with E-state index in [-0.39, 0.29) is 6.61 Å². The summed E-state index contributed by atoms with van der Waals surface area (Å²) in [5.41, 5.74) is 0.914. The van der Waals surface area contributed by atoms with Gasteiger partial charge in [0.25, 0.3) is 0 Å². The summed E-state index contributed by atoms with van der Waals surface area (Å²) in [4.78, 5) is 0. The van der Waals surface area contributed by atoms with Crippen LogP contribution in [0.3, 0.4) is 0 Å². The molecule has 0 aliphatic heterocycles. The summed E-state index contributed by atoms with van der Waals surface area (Å²) >= 11 is 0. The molecule has 0 aliphatic rings. The maximum absolute atomic E-state index is 7.57. The highest BCUT2D eigenvalue weighted by Gasteiger charge is 1.91. The number of benzene rings is 1. The first-order chi connectivity index (χ1) is 5.88. The van der Waals surface area contributed by atoms with Gasteiger partial charge in [0.15, 0.2) is 0 Å². The van der Waals surface area contributed by atoms with E-state index >= 15 is 0 Å². The third kappa shape index (κ3) is 2.07. The monoisotopic (exact) mass is 165 g/mol. The first-order valence-corrected chi connectivity index (χ1v) is 3.78. The molecule has 0 bridgehead atoms. The van der Waals surface area contributed by atoms with Crippen molar-refractivity contribution in [3.63, 3.8) is 0 Å². The summed E-state index contributed by atoms with van der Waals surface area (Å²) in [7, 11) is 0. The van der Waals surface area contributed by atoms with Gasteiger partial charge in [-0.15, -0.1) is 0 Å². The highest BCUT2D eigenvalue weighted by molar-refractivity contribution is 5.76. The first kappa shape index (κ1) is 8.74. The molecule has 0 spiro atoms. The van der Waals surface area contributed by atoms with E-state index in [1.54, 1.807) is 13.2 Å². The van der Waals surface area contributed by atoms with Crippen molar-refractivity contribution in [3.05, 3.63) is 30.5 Å². The van der Waals surface area contributed by atoms with Crippen molar-refractivity contribution in [3.8, 4) is 0 Å². The Morgan fingerprint density at radius 3 is 2.75 bits per heavy atom. The molecule has 0 amide bonds. The van der Waals surface area contributed by atoms with Crippen molar-refractivity contribution in [1.82, 2.24) is 5.16 Å². The fourth-order valence-electron chi connectivity index (χ4n) is 0.810. The predicted molar refractivity (Wildman–Crippen MR) is 46.8 cm³/mol. The van der Waals surface area contributed by atoms with Crippen LogP contribution >= 0.6 is 0 Å². The molecule has 1 aromatic heterocycles. The molecule has 64 valence electrons. The van der Waals surface area contributed by atoms with Crippen LogP contribution in [-0.4, -0.2) is 16.9 Å². The summed E-state index contributed by atoms with van der Waals surface area (Å²) in [6.45, 7) is 1.93. The van der Waals surface area contributed by atoms with Crippen LogP contribution < -0.4 is 0 Å². The Kier molecular flexibility index (Phi) is 3.29. The zero-order valence-electron chi connectivity index (χ0n) is 6.90. The maximum Gasteiger partial charge on any atom is 0.131 e. The zero-order valence-corrected chi connectivity index (χ0v) is 6.90. The normalized spacial score (nSPS) is 9.17. The smallest absolute Gasteiger partial charge is 0.131 e. The Hall–Kier alpha value is -1.35. The van der Waals surface area contributed by atoms with Crippen molar-refractivity contribution in [1.29, 1.82) is 0 Å². The van der Waals surface area contributed by atoms with Crippen LogP contribution in [0.2, 0.25) is 0 Å². The second kappa shape index (κ2) is 4.51. The average molecular weight is 165 g/mol. The molecule has 0 saturated heterocycles. The van der Waals surface area contributed by atoms with Gasteiger partial charge in [0.1, 0.15) is 11.8 Å². The van der Waals surface area contributed by atoms with Crippen molar-refractivity contribution >= 4 is 10.9 Å². The Balaban J connectivity index is 0.000000213. The highest BCUT2D eigenvalue weighted by atomic mass is 16.5. The maximum atomic E-state index is 7.57. The van der Waals surface area contributed by atoms with Crippen LogP contribution in [0.1, 0.15) is 6.92 Å². The molecule has 0 saturated carbocycles. The summed E-state index contributed by atoms with van der Waals surface area (Å²) in [5.74, 6) is 0. The number of hydrogen-bond donors (Lipinski definition) is 1. The topological polar surface area (TPSA) is 46.3 Å². The van der Waals surface area contributed by atoms with Gasteiger partial charge >= 0.3 is 0 Å². The molecule has 0 fully saturated rings. The van der Waals surface area contributed by atoms with E-state index in [9.17, 15) is 0 Å². The van der Waals surface area contributed by atoms with E-state index in [1.165, 1.54) is 0 Å². The Morgan fingerprint density at radius 1 is 1.42 bits per heavy atom. The molecular weight excluding hydrogens is 154 g/mol. The molecule has 3 nitrogen and oxygen atoms in total. The number of aliphatic hydroxyl groups excluding tert-OH is 1. The molecule has 2 aromatic rings. The molecule has 0 radical (unpaired) electrons. The average Bonchev–Trinajstić information content (AvgIpc) is 2.52. The fraction of sp³-hybridized carbons (Fsp3) is 0.222. The molecule has 3 heteroatoms. The lowest BCUT2D eigenvalue weighted by atomic mass is 10.3. The van der Waals surface area contributed by atoms with Gasteiger partial charge in [-0.25, -0.2) is 0 Å². The van der Waals surface area contributed by atoms with Gasteiger partial charge in [0, 0.05) is 12.0 Å². The number of hydrogen-bond acceptors (Lipinski definition) is 3. The standard InChI is InChI=1S/C7H5NO.C2H6O/c1-2-4-7-6(3-1)5-9-8-7;1-2-3/h1-5H;3H,2H2,1H3. The van der Waals surface area contributed by atoms with Crippen LogP contribution in [0.15, 0.2) is 35.1 Å². The van der Waals surface area contributed by atoms with Crippen molar-refractivity contribution in [2.24, 2.45) is 0 Å². The molecule has 0 atom stereocenters. The summed E-state index contributed by atoms with van der Waals surface area (Å²) < 4.78 is 4.71. The molecule has 0 unspecified atom stereocenters. The van der Waals surface area contributed by atoms with Gasteiger partial charge in [-0.3, -0.25) is 0 Å². The number of rotatable bonds is 0.